The topological polar surface area (TPSA) is 75.4 Å². The van der Waals surface area contributed by atoms with E-state index in [-0.39, 0.29) is 19.0 Å². The zero-order chi connectivity index (χ0) is 16.0. The Bertz CT molecular complexity index is 551. The van der Waals surface area contributed by atoms with Gasteiger partial charge in [-0.05, 0) is 25.1 Å². The fourth-order valence-electron chi connectivity index (χ4n) is 1.81. The number of carbonyl (C=O) groups excluding carboxylic acids is 2. The quantitative estimate of drug-likeness (QED) is 0.765. The van der Waals surface area contributed by atoms with Crippen molar-refractivity contribution in [3.05, 3.63) is 46.7 Å². The molecular formula is C14H17BrFN3O2. The molecule has 0 saturated heterocycles. The van der Waals surface area contributed by atoms with Crippen LogP contribution >= 0.6 is 15.9 Å². The van der Waals surface area contributed by atoms with Gasteiger partial charge in [-0.1, -0.05) is 22.0 Å². The lowest BCUT2D eigenvalue weighted by molar-refractivity contribution is -0.132. The van der Waals surface area contributed by atoms with Crippen LogP contribution in [0.25, 0.3) is 0 Å². The maximum absolute atomic E-state index is 13.8. The second kappa shape index (κ2) is 7.78. The minimum absolute atomic E-state index is 0.0703. The normalized spacial score (nSPS) is 11.6. The van der Waals surface area contributed by atoms with Crippen LogP contribution in [0.5, 0.6) is 0 Å². The fourth-order valence-corrected chi connectivity index (χ4v) is 2.22. The first-order valence-electron chi connectivity index (χ1n) is 6.24. The number of halogens is 2. The molecule has 0 unspecified atom stereocenters. The molecule has 1 aromatic rings. The summed E-state index contributed by atoms with van der Waals surface area (Å²) in [5.41, 5.74) is 5.36. The lowest BCUT2D eigenvalue weighted by Gasteiger charge is -2.25. The zero-order valence-corrected chi connectivity index (χ0v) is 13.2. The largest absolute Gasteiger partial charge is 0.352 e. The molecule has 114 valence electrons. The first-order chi connectivity index (χ1) is 9.85. The summed E-state index contributed by atoms with van der Waals surface area (Å²) in [6, 6.07) is 2.92. The van der Waals surface area contributed by atoms with Crippen LogP contribution < -0.4 is 11.1 Å². The molecule has 0 aliphatic heterocycles. The fraction of sp³-hybridized carbons (Fsp3) is 0.286. The lowest BCUT2D eigenvalue weighted by atomic mass is 10.1. The van der Waals surface area contributed by atoms with Gasteiger partial charge in [0.1, 0.15) is 11.9 Å². The van der Waals surface area contributed by atoms with Crippen molar-refractivity contribution < 1.29 is 14.0 Å². The summed E-state index contributed by atoms with van der Waals surface area (Å²) in [4.78, 5) is 24.4. The van der Waals surface area contributed by atoms with Gasteiger partial charge < -0.3 is 16.0 Å². The molecule has 0 aliphatic rings. The Morgan fingerprint density at radius 3 is 2.81 bits per heavy atom. The van der Waals surface area contributed by atoms with Crippen LogP contribution in [0.3, 0.4) is 0 Å². The van der Waals surface area contributed by atoms with Crippen molar-refractivity contribution in [3.8, 4) is 0 Å². The molecule has 0 aromatic heterocycles. The molecule has 5 nitrogen and oxygen atoms in total. The van der Waals surface area contributed by atoms with Crippen LogP contribution in [0.2, 0.25) is 0 Å². The van der Waals surface area contributed by atoms with E-state index in [1.165, 1.54) is 24.0 Å². The van der Waals surface area contributed by atoms with E-state index < -0.39 is 17.9 Å². The third kappa shape index (κ3) is 5.18. The molecule has 0 heterocycles. The molecule has 0 spiro atoms. The molecule has 0 saturated carbocycles. The number of amides is 3. The van der Waals surface area contributed by atoms with Gasteiger partial charge in [0, 0.05) is 23.1 Å². The second-order valence-electron chi connectivity index (χ2n) is 4.47. The number of urea groups is 1. The van der Waals surface area contributed by atoms with Gasteiger partial charge in [-0.25, -0.2) is 9.18 Å². The minimum Gasteiger partial charge on any atom is -0.352 e. The first-order valence-corrected chi connectivity index (χ1v) is 7.04. The van der Waals surface area contributed by atoms with Crippen molar-refractivity contribution in [1.29, 1.82) is 0 Å². The molecule has 7 heteroatoms. The number of carbonyl (C=O) groups is 2. The molecule has 1 aromatic carbocycles. The molecule has 0 bridgehead atoms. The number of hydrogen-bond acceptors (Lipinski definition) is 2. The summed E-state index contributed by atoms with van der Waals surface area (Å²) < 4.78 is 14.5. The maximum Gasteiger partial charge on any atom is 0.312 e. The van der Waals surface area contributed by atoms with Crippen LogP contribution in [0.4, 0.5) is 9.18 Å². The lowest BCUT2D eigenvalue weighted by Crippen LogP contribution is -2.48. The molecule has 21 heavy (non-hydrogen) atoms. The summed E-state index contributed by atoms with van der Waals surface area (Å²) in [6.45, 7) is 5.39. The number of nitrogens with one attached hydrogen (secondary N) is 1. The molecular weight excluding hydrogens is 341 g/mol. The second-order valence-corrected chi connectivity index (χ2v) is 5.39. The third-order valence-electron chi connectivity index (χ3n) is 2.76. The van der Waals surface area contributed by atoms with Crippen LogP contribution in [0, 0.1) is 5.82 Å². The Hall–Kier alpha value is -1.89. The predicted molar refractivity (Wildman–Crippen MR) is 81.9 cm³/mol. The Kier molecular flexibility index (Phi) is 6.36. The van der Waals surface area contributed by atoms with Crippen molar-refractivity contribution in [2.75, 3.05) is 6.54 Å². The molecule has 0 fully saturated rings. The number of rotatable bonds is 6. The molecule has 0 aliphatic carbocycles. The number of primary amides is 1. The summed E-state index contributed by atoms with van der Waals surface area (Å²) >= 11 is 3.26. The van der Waals surface area contributed by atoms with Crippen molar-refractivity contribution in [2.24, 2.45) is 5.73 Å². The van der Waals surface area contributed by atoms with Gasteiger partial charge in [0.05, 0.1) is 0 Å². The van der Waals surface area contributed by atoms with Crippen molar-refractivity contribution in [3.63, 3.8) is 0 Å². The van der Waals surface area contributed by atoms with Crippen molar-refractivity contribution >= 4 is 27.9 Å². The van der Waals surface area contributed by atoms with Crippen LogP contribution in [0.15, 0.2) is 35.3 Å². The summed E-state index contributed by atoms with van der Waals surface area (Å²) in [5.74, 6) is -0.774. The summed E-state index contributed by atoms with van der Waals surface area (Å²) in [5, 5.41) is 2.30. The van der Waals surface area contributed by atoms with Crippen LogP contribution in [-0.4, -0.2) is 29.4 Å². The van der Waals surface area contributed by atoms with E-state index in [1.807, 2.05) is 0 Å². The van der Waals surface area contributed by atoms with Gasteiger partial charge in [-0.2, -0.15) is 0 Å². The Morgan fingerprint density at radius 1 is 1.57 bits per heavy atom. The van der Waals surface area contributed by atoms with E-state index in [1.54, 1.807) is 12.1 Å². The van der Waals surface area contributed by atoms with Crippen molar-refractivity contribution in [1.82, 2.24) is 10.2 Å². The maximum atomic E-state index is 13.8. The van der Waals surface area contributed by atoms with Gasteiger partial charge in [-0.3, -0.25) is 4.79 Å². The summed E-state index contributed by atoms with van der Waals surface area (Å²) in [6.07, 6.45) is 1.53. The van der Waals surface area contributed by atoms with E-state index in [4.69, 9.17) is 5.73 Å². The molecule has 1 atom stereocenters. The highest BCUT2D eigenvalue weighted by Crippen LogP contribution is 2.17. The van der Waals surface area contributed by atoms with Crippen LogP contribution in [-0.2, 0) is 11.3 Å². The number of benzene rings is 1. The van der Waals surface area contributed by atoms with Gasteiger partial charge in [0.15, 0.2) is 0 Å². The highest BCUT2D eigenvalue weighted by Gasteiger charge is 2.21. The van der Waals surface area contributed by atoms with Gasteiger partial charge >= 0.3 is 6.03 Å². The Balaban J connectivity index is 2.91. The Morgan fingerprint density at radius 2 is 2.24 bits per heavy atom. The van der Waals surface area contributed by atoms with Crippen molar-refractivity contribution in [2.45, 2.75) is 19.5 Å². The van der Waals surface area contributed by atoms with E-state index >= 15 is 0 Å². The standard InChI is InChI=1S/C14H17BrFN3O2/c1-3-6-19(13(20)9(2)18-14(17)21)8-10-7-11(15)4-5-12(10)16/h3-5,7,9H,1,6,8H2,2H3,(H3,17,18,21)/t9-/m1/s1. The monoisotopic (exact) mass is 357 g/mol. The molecule has 3 amide bonds. The van der Waals surface area contributed by atoms with E-state index in [9.17, 15) is 14.0 Å². The number of nitrogens with two attached hydrogens (primary N) is 1. The predicted octanol–water partition coefficient (Wildman–Crippen LogP) is 2.16. The average Bonchev–Trinajstić information content (AvgIpc) is 2.40. The van der Waals surface area contributed by atoms with E-state index in [0.29, 0.717) is 10.0 Å². The number of hydrogen-bond donors (Lipinski definition) is 2. The average molecular weight is 358 g/mol. The zero-order valence-electron chi connectivity index (χ0n) is 11.6. The molecule has 3 N–H and O–H groups in total. The number of nitrogens with zero attached hydrogens (tertiary/aromatic N) is 1. The van der Waals surface area contributed by atoms with E-state index in [2.05, 4.69) is 27.8 Å². The van der Waals surface area contributed by atoms with Gasteiger partial charge in [0.2, 0.25) is 5.91 Å². The van der Waals surface area contributed by atoms with Gasteiger partial charge in [0.25, 0.3) is 0 Å². The summed E-state index contributed by atoms with van der Waals surface area (Å²) in [7, 11) is 0. The Labute approximate surface area is 131 Å². The minimum atomic E-state index is -0.794. The van der Waals surface area contributed by atoms with E-state index in [0.717, 1.165) is 0 Å². The third-order valence-corrected chi connectivity index (χ3v) is 3.25. The molecule has 0 radical (unpaired) electrons. The van der Waals surface area contributed by atoms with Gasteiger partial charge in [-0.15, -0.1) is 6.58 Å². The smallest absolute Gasteiger partial charge is 0.312 e. The van der Waals surface area contributed by atoms with Crippen LogP contribution in [0.1, 0.15) is 12.5 Å². The first kappa shape index (κ1) is 17.2. The molecule has 1 rings (SSSR count). The highest BCUT2D eigenvalue weighted by molar-refractivity contribution is 9.10. The highest BCUT2D eigenvalue weighted by atomic mass is 79.9. The SMILES string of the molecule is C=CCN(Cc1cc(Br)ccc1F)C(=O)[C@@H](C)NC(N)=O.